The average Bonchev–Trinajstić information content (AvgIpc) is 3.26. The number of ketones is 1. The predicted octanol–water partition coefficient (Wildman–Crippen LogP) is 3.49. The average molecular weight is 466 g/mol. The molecule has 4 rings (SSSR count). The fourth-order valence-corrected chi connectivity index (χ4v) is 4.32. The lowest BCUT2D eigenvalue weighted by Gasteiger charge is -2.28. The van der Waals surface area contributed by atoms with Gasteiger partial charge in [0.05, 0.1) is 25.5 Å². The number of hydrogen-bond donors (Lipinski definition) is 1. The van der Waals surface area contributed by atoms with E-state index in [-0.39, 0.29) is 17.4 Å². The highest BCUT2D eigenvalue weighted by Gasteiger charge is 2.21. The van der Waals surface area contributed by atoms with Gasteiger partial charge in [-0.05, 0) is 29.8 Å². The number of thioether (sulfide) groups is 1. The minimum absolute atomic E-state index is 0.00412. The van der Waals surface area contributed by atoms with Gasteiger partial charge in [0.15, 0.2) is 10.9 Å². The molecular formula is C24H27N5O3S. The normalized spacial score (nSPS) is 13.7. The molecule has 0 atom stereocenters. The first-order chi connectivity index (χ1) is 16.1. The molecule has 33 heavy (non-hydrogen) atoms. The van der Waals surface area contributed by atoms with E-state index in [4.69, 9.17) is 4.74 Å². The quantitative estimate of drug-likeness (QED) is 0.382. The van der Waals surface area contributed by atoms with Crippen molar-refractivity contribution in [1.82, 2.24) is 14.8 Å². The molecule has 1 aliphatic rings. The Morgan fingerprint density at radius 3 is 2.45 bits per heavy atom. The summed E-state index contributed by atoms with van der Waals surface area (Å²) in [7, 11) is 0. The Kier molecular flexibility index (Phi) is 7.74. The van der Waals surface area contributed by atoms with E-state index < -0.39 is 0 Å². The summed E-state index contributed by atoms with van der Waals surface area (Å²) >= 11 is 1.38. The Labute approximate surface area is 197 Å². The Bertz CT molecular complexity index is 1080. The van der Waals surface area contributed by atoms with E-state index in [9.17, 15) is 9.59 Å². The number of rotatable bonds is 9. The summed E-state index contributed by atoms with van der Waals surface area (Å²) in [5.74, 6) is 0.985. The predicted molar refractivity (Wildman–Crippen MR) is 129 cm³/mol. The van der Waals surface area contributed by atoms with Gasteiger partial charge in [0.25, 0.3) is 0 Å². The van der Waals surface area contributed by atoms with Gasteiger partial charge in [-0.1, -0.05) is 49.0 Å². The maximum atomic E-state index is 12.8. The van der Waals surface area contributed by atoms with E-state index in [1.807, 2.05) is 18.2 Å². The van der Waals surface area contributed by atoms with Crippen LogP contribution in [0.25, 0.3) is 0 Å². The lowest BCUT2D eigenvalue weighted by Crippen LogP contribution is -2.38. The van der Waals surface area contributed by atoms with Crippen LogP contribution in [-0.4, -0.2) is 58.5 Å². The summed E-state index contributed by atoms with van der Waals surface area (Å²) < 4.78 is 7.55. The molecule has 3 aromatic rings. The number of ether oxygens (including phenoxy) is 1. The van der Waals surface area contributed by atoms with Crippen LogP contribution in [0.15, 0.2) is 59.8 Å². The van der Waals surface area contributed by atoms with Gasteiger partial charge in [-0.2, -0.15) is 0 Å². The number of carbonyl (C=O) groups excluding carboxylic acids is 2. The van der Waals surface area contributed by atoms with Crippen LogP contribution in [0.3, 0.4) is 0 Å². The number of benzene rings is 2. The number of morpholine rings is 1. The molecule has 172 valence electrons. The molecule has 9 heteroatoms. The summed E-state index contributed by atoms with van der Waals surface area (Å²) in [5.41, 5.74) is 2.42. The molecule has 1 aromatic heterocycles. The third kappa shape index (κ3) is 6.00. The molecule has 0 radical (unpaired) electrons. The van der Waals surface area contributed by atoms with E-state index in [1.165, 1.54) is 11.8 Å². The summed E-state index contributed by atoms with van der Waals surface area (Å²) in [5, 5.41) is 12.3. The van der Waals surface area contributed by atoms with Crippen molar-refractivity contribution in [3.8, 4) is 0 Å². The highest BCUT2D eigenvalue weighted by atomic mass is 32.2. The van der Waals surface area contributed by atoms with Crippen molar-refractivity contribution in [1.29, 1.82) is 0 Å². The third-order valence-electron chi connectivity index (χ3n) is 5.32. The maximum Gasteiger partial charge on any atom is 0.228 e. The second-order valence-corrected chi connectivity index (χ2v) is 8.59. The van der Waals surface area contributed by atoms with Crippen LogP contribution in [0.5, 0.6) is 0 Å². The van der Waals surface area contributed by atoms with E-state index in [0.717, 1.165) is 24.6 Å². The SMILES string of the molecule is CCC(=O)Nc1ccc(C(=O)CSc2nnc(N3CCOCC3)n2Cc2ccccc2)cc1. The van der Waals surface area contributed by atoms with Crippen molar-refractivity contribution in [3.63, 3.8) is 0 Å². The number of carbonyl (C=O) groups is 2. The Morgan fingerprint density at radius 2 is 1.76 bits per heavy atom. The Morgan fingerprint density at radius 1 is 1.03 bits per heavy atom. The molecule has 1 amide bonds. The zero-order valence-corrected chi connectivity index (χ0v) is 19.4. The topological polar surface area (TPSA) is 89.3 Å². The molecule has 2 aromatic carbocycles. The lowest BCUT2D eigenvalue weighted by atomic mass is 10.1. The fraction of sp³-hybridized carbons (Fsp3) is 0.333. The highest BCUT2D eigenvalue weighted by Crippen LogP contribution is 2.25. The summed E-state index contributed by atoms with van der Waals surface area (Å²) in [6.07, 6.45) is 0.410. The van der Waals surface area contributed by atoms with Crippen molar-refractivity contribution >= 4 is 35.1 Å². The van der Waals surface area contributed by atoms with Crippen LogP contribution in [0.4, 0.5) is 11.6 Å². The van der Waals surface area contributed by atoms with Crippen LogP contribution >= 0.6 is 11.8 Å². The first kappa shape index (κ1) is 23.0. The standard InChI is InChI=1S/C24H27N5O3S/c1-2-22(31)25-20-10-8-19(9-11-20)21(30)17-33-24-27-26-23(28-12-14-32-15-13-28)29(24)16-18-6-4-3-5-7-18/h3-11H,2,12-17H2,1H3,(H,25,31). The van der Waals surface area contributed by atoms with Crippen molar-refractivity contribution in [2.24, 2.45) is 0 Å². The minimum Gasteiger partial charge on any atom is -0.378 e. The number of aromatic nitrogens is 3. The molecule has 1 N–H and O–H groups in total. The van der Waals surface area contributed by atoms with Gasteiger partial charge in [0, 0.05) is 30.8 Å². The van der Waals surface area contributed by atoms with Crippen LogP contribution in [0, 0.1) is 0 Å². The fourth-order valence-electron chi connectivity index (χ4n) is 3.49. The molecule has 0 spiro atoms. The number of nitrogens with one attached hydrogen (secondary N) is 1. The molecule has 2 heterocycles. The summed E-state index contributed by atoms with van der Waals surface area (Å²) in [4.78, 5) is 26.5. The van der Waals surface area contributed by atoms with Gasteiger partial charge in [-0.25, -0.2) is 0 Å². The first-order valence-electron chi connectivity index (χ1n) is 11.0. The van der Waals surface area contributed by atoms with Crippen molar-refractivity contribution in [3.05, 3.63) is 65.7 Å². The molecule has 1 aliphatic heterocycles. The molecule has 1 fully saturated rings. The third-order valence-corrected chi connectivity index (χ3v) is 6.29. The highest BCUT2D eigenvalue weighted by molar-refractivity contribution is 7.99. The number of nitrogens with zero attached hydrogens (tertiary/aromatic N) is 4. The van der Waals surface area contributed by atoms with Gasteiger partial charge >= 0.3 is 0 Å². The van der Waals surface area contributed by atoms with E-state index in [1.54, 1.807) is 31.2 Å². The maximum absolute atomic E-state index is 12.8. The zero-order chi connectivity index (χ0) is 23.0. The number of hydrogen-bond acceptors (Lipinski definition) is 7. The van der Waals surface area contributed by atoms with Gasteiger partial charge in [-0.3, -0.25) is 14.2 Å². The van der Waals surface area contributed by atoms with E-state index in [2.05, 4.69) is 37.1 Å². The number of Topliss-reactive ketones (excluding diaryl/α,β-unsaturated/α-hetero) is 1. The van der Waals surface area contributed by atoms with Gasteiger partial charge < -0.3 is 15.0 Å². The van der Waals surface area contributed by atoms with Gasteiger partial charge in [0.2, 0.25) is 11.9 Å². The second-order valence-electron chi connectivity index (χ2n) is 7.64. The number of amides is 1. The van der Waals surface area contributed by atoms with E-state index in [0.29, 0.717) is 42.6 Å². The first-order valence-corrected chi connectivity index (χ1v) is 12.0. The van der Waals surface area contributed by atoms with Crippen molar-refractivity contribution in [2.45, 2.75) is 25.0 Å². The van der Waals surface area contributed by atoms with Crippen molar-refractivity contribution in [2.75, 3.05) is 42.3 Å². The molecule has 0 unspecified atom stereocenters. The number of anilines is 2. The zero-order valence-electron chi connectivity index (χ0n) is 18.6. The Hall–Kier alpha value is -3.17. The smallest absolute Gasteiger partial charge is 0.228 e. The molecule has 0 aliphatic carbocycles. The monoisotopic (exact) mass is 465 g/mol. The van der Waals surface area contributed by atoms with Crippen LogP contribution < -0.4 is 10.2 Å². The Balaban J connectivity index is 1.47. The minimum atomic E-state index is -0.0570. The summed E-state index contributed by atoms with van der Waals surface area (Å²) in [6.45, 7) is 5.27. The molecule has 8 nitrogen and oxygen atoms in total. The van der Waals surface area contributed by atoms with Gasteiger partial charge in [0.1, 0.15) is 0 Å². The lowest BCUT2D eigenvalue weighted by molar-refractivity contribution is -0.115. The van der Waals surface area contributed by atoms with Crippen LogP contribution in [0.1, 0.15) is 29.3 Å². The molecule has 0 saturated carbocycles. The second kappa shape index (κ2) is 11.1. The van der Waals surface area contributed by atoms with Crippen LogP contribution in [-0.2, 0) is 16.1 Å². The van der Waals surface area contributed by atoms with Crippen LogP contribution in [0.2, 0.25) is 0 Å². The van der Waals surface area contributed by atoms with E-state index >= 15 is 0 Å². The summed E-state index contributed by atoms with van der Waals surface area (Å²) in [6, 6.07) is 17.1. The largest absolute Gasteiger partial charge is 0.378 e. The molecule has 0 bridgehead atoms. The van der Waals surface area contributed by atoms with Crippen molar-refractivity contribution < 1.29 is 14.3 Å². The molecule has 1 saturated heterocycles. The van der Waals surface area contributed by atoms with Gasteiger partial charge in [-0.15, -0.1) is 10.2 Å². The molecular weight excluding hydrogens is 438 g/mol.